The molecule has 69 heavy (non-hydrogen) atoms. The van der Waals surface area contributed by atoms with Crippen LogP contribution in [-0.2, 0) is 67.5 Å². The van der Waals surface area contributed by atoms with Crippen LogP contribution in [0.4, 0.5) is 49.7 Å². The van der Waals surface area contributed by atoms with Crippen LogP contribution in [0.2, 0.25) is 5.02 Å². The van der Waals surface area contributed by atoms with Gasteiger partial charge in [-0.25, -0.2) is 25.6 Å². The Morgan fingerprint density at radius 1 is 0.957 bits per heavy atom. The van der Waals surface area contributed by atoms with Gasteiger partial charge < -0.3 is 11.1 Å². The summed E-state index contributed by atoms with van der Waals surface area (Å²) in [5.74, 6) is -12.2. The lowest BCUT2D eigenvalue weighted by Gasteiger charge is -2.25. The number of nitrogens with zero attached hydrogens (tertiary/aromatic N) is 6. The quantitative estimate of drug-likeness (QED) is 0.0992. The number of amides is 2. The summed E-state index contributed by atoms with van der Waals surface area (Å²) in [6, 6.07) is 3.74. The molecule has 1 unspecified atom stereocenters. The van der Waals surface area contributed by atoms with Crippen LogP contribution in [-0.4, -0.2) is 82.7 Å². The fourth-order valence-corrected chi connectivity index (χ4v) is 10.1. The molecule has 2 amide bonds. The smallest absolute Gasteiger partial charge is 0.346 e. The van der Waals surface area contributed by atoms with E-state index in [0.717, 1.165) is 37.4 Å². The predicted molar refractivity (Wildman–Crippen MR) is 230 cm³/mol. The lowest BCUT2D eigenvalue weighted by Crippen LogP contribution is -2.45. The molecule has 3 N–H and O–H groups in total. The Morgan fingerprint density at radius 3 is 2.14 bits per heavy atom. The lowest BCUT2D eigenvalue weighted by atomic mass is 9.93. The van der Waals surface area contributed by atoms with Crippen molar-refractivity contribution in [3.63, 3.8) is 0 Å². The first-order valence-corrected chi connectivity index (χ1v) is 24.8. The summed E-state index contributed by atoms with van der Waals surface area (Å²) in [5.41, 5.74) is 0.637. The van der Waals surface area contributed by atoms with Gasteiger partial charge in [0, 0.05) is 40.6 Å². The number of fused-ring (bicyclic) bond motifs is 4. The Balaban J connectivity index is 1.47. The van der Waals surface area contributed by atoms with E-state index in [9.17, 15) is 61.5 Å². The van der Waals surface area contributed by atoms with Crippen molar-refractivity contribution in [3.05, 3.63) is 93.0 Å². The third-order valence-corrected chi connectivity index (χ3v) is 15.6. The zero-order chi connectivity index (χ0) is 51.3. The maximum absolute atomic E-state index is 15.6. The Hall–Kier alpha value is -5.34. The van der Waals surface area contributed by atoms with Gasteiger partial charge in [-0.2, -0.15) is 49.6 Å². The number of anilines is 1. The van der Waals surface area contributed by atoms with E-state index in [1.165, 1.54) is 26.0 Å². The second-order valence-electron chi connectivity index (χ2n) is 17.8. The number of nitrogens with one attached hydrogen (secondary N) is 1. The molecule has 14 nitrogen and oxygen atoms in total. The van der Waals surface area contributed by atoms with Crippen LogP contribution in [0, 0.1) is 17.6 Å². The fourth-order valence-electron chi connectivity index (χ4n) is 8.43. The summed E-state index contributed by atoms with van der Waals surface area (Å²) in [5, 5.41) is 8.80. The number of carbonyl (C=O) groups is 2. The summed E-state index contributed by atoms with van der Waals surface area (Å²) in [7, 11) is -8.45. The molecule has 0 spiro atoms. The maximum atomic E-state index is 15.6. The molecule has 1 saturated carbocycles. The molecule has 2 aliphatic carbocycles. The van der Waals surface area contributed by atoms with Crippen LogP contribution < -0.4 is 15.4 Å². The summed E-state index contributed by atoms with van der Waals surface area (Å²) in [6.45, 7) is 0.720. The molecular weight excluding hydrogens is 1000 g/mol. The highest BCUT2D eigenvalue weighted by Crippen LogP contribution is 2.68. The molecule has 3 aromatic heterocycles. The SMILES string of the molecule is C[C@H](N)C(=O)N(c1nn(CC(F)(F)F)c2c(-c3ccc(CCC(C)(C)S(C)(=O)=O)nc3[C@H](Cc3cc(F)cc(F)c3)NC(=O)Cn3nc(C(F)(F)F)c4c3C(F)(F)C3C[C@H]43)ccc(Cl)c12)S(C)(=O)=O. The molecule has 2 aliphatic rings. The number of alkyl halides is 8. The molecule has 5 aromatic rings. The first-order valence-electron chi connectivity index (χ1n) is 20.7. The zero-order valence-corrected chi connectivity index (χ0v) is 39.2. The van der Waals surface area contributed by atoms with E-state index in [4.69, 9.17) is 17.3 Å². The number of hydrogen-bond donors (Lipinski definition) is 2. The van der Waals surface area contributed by atoms with Gasteiger partial charge in [-0.05, 0) is 82.2 Å². The third kappa shape index (κ3) is 10.2. The fraction of sp³-hybridized carbons (Fsp3) is 0.452. The van der Waals surface area contributed by atoms with E-state index < -0.39 is 148 Å². The summed E-state index contributed by atoms with van der Waals surface area (Å²) >= 11 is 6.59. The van der Waals surface area contributed by atoms with Crippen LogP contribution >= 0.6 is 11.6 Å². The van der Waals surface area contributed by atoms with Crippen molar-refractivity contribution >= 4 is 60.0 Å². The van der Waals surface area contributed by atoms with Crippen molar-refractivity contribution in [2.24, 2.45) is 11.7 Å². The van der Waals surface area contributed by atoms with E-state index in [-0.39, 0.29) is 56.3 Å². The number of aromatic nitrogens is 5. The largest absolute Gasteiger partial charge is 0.435 e. The molecule has 2 aromatic carbocycles. The van der Waals surface area contributed by atoms with Crippen LogP contribution in [0.15, 0.2) is 42.5 Å². The Bertz CT molecular complexity index is 3120. The molecule has 27 heteroatoms. The standard InChI is InChI=1S/C42H41ClF10N8O6S2/c1-19(54)38(63)61(69(5,66)67)37-32-28(43)9-8-25(34(32)60(58-37)18-40(46,47)48)24-7-6-23(10-11-39(2,3)68(4,64)65)55-33(24)29(14-20-12-21(44)15-22(45)13-20)56-30(62)17-59-36-31(35(57-59)42(51,52)53)26-16-27(26)41(36,49)50/h6-9,12-13,15,19,26-27,29H,10-11,14,16-18,54H2,1-5H3,(H,56,62)/t19-,26-,27?,29-/m0/s1. The van der Waals surface area contributed by atoms with Crippen molar-refractivity contribution in [1.82, 2.24) is 29.9 Å². The van der Waals surface area contributed by atoms with Crippen LogP contribution in [0.25, 0.3) is 22.0 Å². The van der Waals surface area contributed by atoms with Crippen molar-refractivity contribution in [2.45, 2.75) is 101 Å². The van der Waals surface area contributed by atoms with Crippen molar-refractivity contribution in [2.75, 3.05) is 16.8 Å². The molecule has 374 valence electrons. The van der Waals surface area contributed by atoms with Crippen LogP contribution in [0.5, 0.6) is 0 Å². The average Bonchev–Trinajstić information content (AvgIpc) is 3.71. The Labute approximate surface area is 392 Å². The number of carbonyl (C=O) groups excluding carboxylic acids is 2. The van der Waals surface area contributed by atoms with Gasteiger partial charge >= 0.3 is 12.4 Å². The Morgan fingerprint density at radius 2 is 1.58 bits per heavy atom. The first-order chi connectivity index (χ1) is 31.6. The van der Waals surface area contributed by atoms with Crippen molar-refractivity contribution in [3.8, 4) is 11.1 Å². The van der Waals surface area contributed by atoms with Gasteiger partial charge in [-0.15, -0.1) is 0 Å². The molecule has 0 radical (unpaired) electrons. The van der Waals surface area contributed by atoms with Gasteiger partial charge in [0.1, 0.15) is 30.4 Å². The number of sulfonamides is 1. The van der Waals surface area contributed by atoms with E-state index in [2.05, 4.69) is 20.5 Å². The molecule has 7 rings (SSSR count). The van der Waals surface area contributed by atoms with Gasteiger partial charge in [-0.3, -0.25) is 23.9 Å². The molecule has 0 aliphatic heterocycles. The molecule has 0 bridgehead atoms. The zero-order valence-electron chi connectivity index (χ0n) is 36.8. The van der Waals surface area contributed by atoms with Crippen molar-refractivity contribution < 1.29 is 70.3 Å². The number of halogens is 11. The van der Waals surface area contributed by atoms with E-state index in [1.807, 2.05) is 0 Å². The summed E-state index contributed by atoms with van der Waals surface area (Å²) < 4.78 is 197. The number of sulfone groups is 1. The summed E-state index contributed by atoms with van der Waals surface area (Å²) in [4.78, 5) is 32.2. The molecule has 0 saturated heterocycles. The van der Waals surface area contributed by atoms with E-state index >= 15 is 8.78 Å². The second kappa shape index (κ2) is 17.5. The lowest BCUT2D eigenvalue weighted by molar-refractivity contribution is -0.143. The summed E-state index contributed by atoms with van der Waals surface area (Å²) in [6.07, 6.45) is -9.91. The average molecular weight is 1040 g/mol. The Kier molecular flexibility index (Phi) is 13.1. The molecule has 1 fully saturated rings. The minimum absolute atomic E-state index is 0.0641. The molecule has 3 heterocycles. The van der Waals surface area contributed by atoms with Gasteiger partial charge in [0.2, 0.25) is 15.9 Å². The van der Waals surface area contributed by atoms with E-state index in [0.29, 0.717) is 17.0 Å². The topological polar surface area (TPSA) is 192 Å². The minimum atomic E-state index is -5.20. The van der Waals surface area contributed by atoms with E-state index in [1.54, 1.807) is 0 Å². The first kappa shape index (κ1) is 51.5. The monoisotopic (exact) mass is 1040 g/mol. The minimum Gasteiger partial charge on any atom is -0.346 e. The molecule has 4 atom stereocenters. The van der Waals surface area contributed by atoms with Gasteiger partial charge in [-0.1, -0.05) is 23.7 Å². The number of aryl methyl sites for hydroxylation is 1. The highest BCUT2D eigenvalue weighted by atomic mass is 35.5. The predicted octanol–water partition coefficient (Wildman–Crippen LogP) is 7.51. The van der Waals surface area contributed by atoms with Gasteiger partial charge in [0.25, 0.3) is 11.8 Å². The van der Waals surface area contributed by atoms with Gasteiger partial charge in [0.15, 0.2) is 21.3 Å². The number of pyridine rings is 1. The second-order valence-corrected chi connectivity index (χ2v) is 22.7. The molecular formula is C42H41ClF10N8O6S2. The highest BCUT2D eigenvalue weighted by molar-refractivity contribution is 7.93. The number of benzene rings is 2. The number of rotatable bonds is 15. The third-order valence-electron chi connectivity index (χ3n) is 12.0. The van der Waals surface area contributed by atoms with Gasteiger partial charge in [0.05, 0.1) is 44.7 Å². The maximum Gasteiger partial charge on any atom is 0.435 e. The normalized spacial score (nSPS) is 17.9. The number of hydrogen-bond acceptors (Lipinski definition) is 10. The van der Waals surface area contributed by atoms with Crippen LogP contribution in [0.1, 0.15) is 79.5 Å². The van der Waals surface area contributed by atoms with Crippen LogP contribution in [0.3, 0.4) is 0 Å². The van der Waals surface area contributed by atoms with Crippen molar-refractivity contribution in [1.29, 1.82) is 0 Å². The highest BCUT2D eigenvalue weighted by Gasteiger charge is 2.68. The number of nitrogens with two attached hydrogens (primary N) is 1.